The van der Waals surface area contributed by atoms with Crippen LogP contribution in [0.2, 0.25) is 6.32 Å². The SMILES string of the molecule is B1=CNCC1.[H-].[Li+]. The van der Waals surface area contributed by atoms with Crippen molar-refractivity contribution >= 4 is 13.0 Å². The Hall–Kier alpha value is 0.332. The van der Waals surface area contributed by atoms with Crippen LogP contribution in [0.15, 0.2) is 0 Å². The molecule has 0 bridgehead atoms. The summed E-state index contributed by atoms with van der Waals surface area (Å²) >= 11 is 0. The maximum absolute atomic E-state index is 3.04. The van der Waals surface area contributed by atoms with Gasteiger partial charge < -0.3 is 1.43 Å². The third-order valence-corrected chi connectivity index (χ3v) is 0.691. The van der Waals surface area contributed by atoms with Crippen molar-refractivity contribution in [2.45, 2.75) is 6.32 Å². The Kier molecular flexibility index (Phi) is 3.71. The first-order valence-corrected chi connectivity index (χ1v) is 1.88. The molecule has 0 aromatic rings. The molecule has 1 heterocycles. The van der Waals surface area contributed by atoms with Crippen molar-refractivity contribution < 1.29 is 20.3 Å². The molecule has 3 heteroatoms. The van der Waals surface area contributed by atoms with Gasteiger partial charge in [0.05, 0.1) is 0 Å². The molecule has 0 fully saturated rings. The van der Waals surface area contributed by atoms with Crippen molar-refractivity contribution in [3.63, 3.8) is 0 Å². The van der Waals surface area contributed by atoms with Crippen molar-refractivity contribution in [2.75, 3.05) is 6.54 Å². The Balaban J connectivity index is 0. The molecule has 0 aromatic carbocycles. The molecule has 0 spiro atoms. The Bertz CT molecular complexity index is 52.9. The summed E-state index contributed by atoms with van der Waals surface area (Å²) in [6, 6.07) is 0. The van der Waals surface area contributed by atoms with Crippen LogP contribution in [-0.4, -0.2) is 19.6 Å². The summed E-state index contributed by atoms with van der Waals surface area (Å²) in [5.41, 5.74) is 0. The number of rotatable bonds is 0. The average molecular weight is 74.8 g/mol. The minimum Gasteiger partial charge on any atom is -1.00 e. The molecule has 1 aliphatic heterocycles. The second-order valence-corrected chi connectivity index (χ2v) is 1.15. The van der Waals surface area contributed by atoms with Crippen molar-refractivity contribution in [3.05, 3.63) is 0 Å². The second kappa shape index (κ2) is 3.52. The summed E-state index contributed by atoms with van der Waals surface area (Å²) in [5.74, 6) is 0. The first-order chi connectivity index (χ1) is 2.50. The van der Waals surface area contributed by atoms with Crippen LogP contribution in [0.3, 0.4) is 0 Å². The maximum atomic E-state index is 3.04. The smallest absolute Gasteiger partial charge is 1.00 e. The summed E-state index contributed by atoms with van der Waals surface area (Å²) < 4.78 is 0. The molecule has 0 aromatic heterocycles. The van der Waals surface area contributed by atoms with Gasteiger partial charge in [-0.05, 0) is 0 Å². The van der Waals surface area contributed by atoms with Crippen molar-refractivity contribution in [2.24, 2.45) is 0 Å². The van der Waals surface area contributed by atoms with E-state index in [1.807, 2.05) is 6.09 Å². The molecule has 0 saturated heterocycles. The molecular weight excluding hydrogens is 67.8 g/mol. The first kappa shape index (κ1) is 6.33. The zero-order valence-electron chi connectivity index (χ0n) is 5.07. The fraction of sp³-hybridized carbons (Fsp3) is 0.667. The molecular formula is C3H7BLiN. The van der Waals surface area contributed by atoms with Gasteiger partial charge in [-0.3, -0.25) is 0 Å². The predicted octanol–water partition coefficient (Wildman–Crippen LogP) is -3.41. The molecule has 1 N–H and O–H groups in total. The predicted molar refractivity (Wildman–Crippen MR) is 25.7 cm³/mol. The van der Waals surface area contributed by atoms with Gasteiger partial charge in [-0.2, -0.15) is 0 Å². The monoisotopic (exact) mass is 75.1 g/mol. The largest absolute Gasteiger partial charge is 1.00 e. The summed E-state index contributed by atoms with van der Waals surface area (Å²) in [6.45, 7) is 3.26. The quantitative estimate of drug-likeness (QED) is 0.296. The molecule has 0 aliphatic carbocycles. The van der Waals surface area contributed by atoms with Gasteiger partial charge in [0.25, 0.3) is 0 Å². The van der Waals surface area contributed by atoms with Gasteiger partial charge in [0.15, 0.2) is 0 Å². The van der Waals surface area contributed by atoms with Crippen LogP contribution in [0.4, 0.5) is 0 Å². The van der Waals surface area contributed by atoms with E-state index in [0.717, 1.165) is 6.54 Å². The van der Waals surface area contributed by atoms with E-state index in [2.05, 4.69) is 12.2 Å². The zero-order chi connectivity index (χ0) is 3.54. The van der Waals surface area contributed by atoms with Gasteiger partial charge in [0.1, 0.15) is 0 Å². The van der Waals surface area contributed by atoms with E-state index in [0.29, 0.717) is 0 Å². The minimum atomic E-state index is 0. The minimum absolute atomic E-state index is 0. The molecule has 28 valence electrons. The third-order valence-electron chi connectivity index (χ3n) is 0.691. The third kappa shape index (κ3) is 1.69. The van der Waals surface area contributed by atoms with Crippen LogP contribution in [0.1, 0.15) is 1.43 Å². The van der Waals surface area contributed by atoms with Crippen LogP contribution in [0.25, 0.3) is 0 Å². The number of hydrogen-bond acceptors (Lipinski definition) is 1. The summed E-state index contributed by atoms with van der Waals surface area (Å²) in [6.07, 6.45) is 3.19. The molecule has 1 aliphatic rings. The molecule has 1 rings (SSSR count). The van der Waals surface area contributed by atoms with E-state index >= 15 is 0 Å². The summed E-state index contributed by atoms with van der Waals surface area (Å²) in [5, 5.41) is 3.04. The Morgan fingerprint density at radius 3 is 2.83 bits per heavy atom. The Morgan fingerprint density at radius 1 is 1.83 bits per heavy atom. The fourth-order valence-corrected chi connectivity index (χ4v) is 0.417. The van der Waals surface area contributed by atoms with Crippen LogP contribution in [0, 0.1) is 0 Å². The summed E-state index contributed by atoms with van der Waals surface area (Å²) in [7, 11) is 0. The first-order valence-electron chi connectivity index (χ1n) is 1.88. The normalized spacial score (nSPS) is 14.7. The van der Waals surface area contributed by atoms with Gasteiger partial charge in [-0.25, -0.2) is 0 Å². The van der Waals surface area contributed by atoms with Crippen LogP contribution >= 0.6 is 0 Å². The molecule has 0 amide bonds. The standard InChI is InChI=1S/C3H6BN.Li.H/c1-2-5-3-4-1;;/h3,5H,1-2H2;;/q;+1;-1. The average Bonchev–Trinajstić information content (AvgIpc) is 1.76. The van der Waals surface area contributed by atoms with E-state index in [9.17, 15) is 0 Å². The van der Waals surface area contributed by atoms with E-state index in [4.69, 9.17) is 0 Å². The second-order valence-electron chi connectivity index (χ2n) is 1.15. The van der Waals surface area contributed by atoms with Gasteiger partial charge in [0, 0.05) is 0 Å². The van der Waals surface area contributed by atoms with Crippen LogP contribution < -0.4 is 24.2 Å². The van der Waals surface area contributed by atoms with Crippen molar-refractivity contribution in [1.29, 1.82) is 0 Å². The number of hydrogen-bond donors (Lipinski definition) is 1. The fourth-order valence-electron chi connectivity index (χ4n) is 0.417. The molecule has 1 nitrogen and oxygen atoms in total. The molecule has 0 saturated carbocycles. The molecule has 0 unspecified atom stereocenters. The Labute approximate surface area is 52.1 Å². The number of nitrogens with one attached hydrogen (secondary N) is 1. The van der Waals surface area contributed by atoms with Gasteiger partial charge in [-0.1, -0.05) is 0 Å². The Morgan fingerprint density at radius 2 is 2.67 bits per heavy atom. The van der Waals surface area contributed by atoms with Crippen LogP contribution in [0.5, 0.6) is 0 Å². The zero-order valence-corrected chi connectivity index (χ0v) is 4.07. The van der Waals surface area contributed by atoms with Crippen molar-refractivity contribution in [1.82, 2.24) is 5.32 Å². The van der Waals surface area contributed by atoms with Crippen LogP contribution in [-0.2, 0) is 0 Å². The van der Waals surface area contributed by atoms with Gasteiger partial charge >= 0.3 is 50.1 Å². The van der Waals surface area contributed by atoms with E-state index in [-0.39, 0.29) is 20.3 Å². The van der Waals surface area contributed by atoms with Gasteiger partial charge in [0.2, 0.25) is 0 Å². The topological polar surface area (TPSA) is 12.0 Å². The maximum Gasteiger partial charge on any atom is 1.00 e. The van der Waals surface area contributed by atoms with E-state index in [1.54, 1.807) is 0 Å². The molecule has 0 radical (unpaired) electrons. The molecule has 6 heavy (non-hydrogen) atoms. The van der Waals surface area contributed by atoms with Gasteiger partial charge in [-0.15, -0.1) is 0 Å². The van der Waals surface area contributed by atoms with E-state index in [1.165, 1.54) is 6.32 Å². The summed E-state index contributed by atoms with van der Waals surface area (Å²) in [4.78, 5) is 0. The van der Waals surface area contributed by atoms with Crippen molar-refractivity contribution in [3.8, 4) is 0 Å². The van der Waals surface area contributed by atoms with E-state index < -0.39 is 0 Å². The molecule has 0 atom stereocenters.